The molecule has 1 N–H and O–H groups in total. The molecule has 1 aromatic rings. The highest BCUT2D eigenvalue weighted by Gasteiger charge is 2.18. The molecule has 0 saturated carbocycles. The number of benzene rings is 1. The standard InChI is InChI=1S/C15H20N2O3S/c1-17(2)21(19,20)14-9-5-8-13(11-14)16-15(18)10-12-6-3-4-7-12/h3,5-6,8-9,11-12H,4,7,10H2,1-2H3,(H,16,18). The van der Waals surface area contributed by atoms with Crippen LogP contribution in [0.3, 0.4) is 0 Å². The fourth-order valence-corrected chi connectivity index (χ4v) is 3.21. The van der Waals surface area contributed by atoms with Crippen LogP contribution in [0.2, 0.25) is 0 Å². The molecule has 1 aliphatic carbocycles. The molecule has 114 valence electrons. The van der Waals surface area contributed by atoms with Gasteiger partial charge in [-0.2, -0.15) is 0 Å². The van der Waals surface area contributed by atoms with Gasteiger partial charge in [-0.25, -0.2) is 12.7 Å². The topological polar surface area (TPSA) is 66.5 Å². The summed E-state index contributed by atoms with van der Waals surface area (Å²) in [5.74, 6) is 0.199. The molecule has 0 fully saturated rings. The Morgan fingerprint density at radius 2 is 2.14 bits per heavy atom. The van der Waals surface area contributed by atoms with Gasteiger partial charge in [-0.15, -0.1) is 0 Å². The van der Waals surface area contributed by atoms with Gasteiger partial charge in [-0.3, -0.25) is 4.79 Å². The predicted octanol–water partition coefficient (Wildman–Crippen LogP) is 2.23. The minimum absolute atomic E-state index is 0.0917. The molecule has 21 heavy (non-hydrogen) atoms. The Bertz CT molecular complexity index is 651. The highest BCUT2D eigenvalue weighted by atomic mass is 32.2. The van der Waals surface area contributed by atoms with Crippen LogP contribution in [0.25, 0.3) is 0 Å². The highest BCUT2D eigenvalue weighted by molar-refractivity contribution is 7.89. The Labute approximate surface area is 125 Å². The number of carbonyl (C=O) groups excluding carboxylic acids is 1. The van der Waals surface area contributed by atoms with E-state index in [0.717, 1.165) is 17.1 Å². The molecule has 1 aromatic carbocycles. The third-order valence-electron chi connectivity index (χ3n) is 3.46. The predicted molar refractivity (Wildman–Crippen MR) is 82.4 cm³/mol. The van der Waals surface area contributed by atoms with Crippen LogP contribution in [0.4, 0.5) is 5.69 Å². The van der Waals surface area contributed by atoms with Crippen molar-refractivity contribution in [1.29, 1.82) is 0 Å². The summed E-state index contributed by atoms with van der Waals surface area (Å²) in [5, 5.41) is 2.76. The average Bonchev–Trinajstić information content (AvgIpc) is 2.91. The van der Waals surface area contributed by atoms with Crippen molar-refractivity contribution in [2.45, 2.75) is 24.2 Å². The first kappa shape index (κ1) is 15.7. The summed E-state index contributed by atoms with van der Waals surface area (Å²) in [6.07, 6.45) is 6.60. The third kappa shape index (κ3) is 3.92. The van der Waals surface area contributed by atoms with E-state index in [-0.39, 0.29) is 10.8 Å². The smallest absolute Gasteiger partial charge is 0.242 e. The summed E-state index contributed by atoms with van der Waals surface area (Å²) in [7, 11) is -0.528. The van der Waals surface area contributed by atoms with Gasteiger partial charge in [-0.05, 0) is 37.0 Å². The van der Waals surface area contributed by atoms with Crippen LogP contribution in [-0.4, -0.2) is 32.7 Å². The molecule has 6 heteroatoms. The van der Waals surface area contributed by atoms with Crippen LogP contribution in [-0.2, 0) is 14.8 Å². The van der Waals surface area contributed by atoms with Crippen molar-refractivity contribution in [2.24, 2.45) is 5.92 Å². The van der Waals surface area contributed by atoms with Crippen LogP contribution >= 0.6 is 0 Å². The number of allylic oxidation sites excluding steroid dienone is 2. The first-order valence-corrected chi connectivity index (χ1v) is 8.32. The Kier molecular flexibility index (Phi) is 4.80. The van der Waals surface area contributed by atoms with E-state index < -0.39 is 10.0 Å². The molecule has 0 bridgehead atoms. The molecule has 1 unspecified atom stereocenters. The van der Waals surface area contributed by atoms with E-state index in [0.29, 0.717) is 18.0 Å². The van der Waals surface area contributed by atoms with Gasteiger partial charge < -0.3 is 5.32 Å². The highest BCUT2D eigenvalue weighted by Crippen LogP contribution is 2.22. The molecule has 1 amide bonds. The number of hydrogen-bond acceptors (Lipinski definition) is 3. The Balaban J connectivity index is 2.07. The molecule has 1 aliphatic rings. The van der Waals surface area contributed by atoms with Gasteiger partial charge >= 0.3 is 0 Å². The zero-order chi connectivity index (χ0) is 15.5. The fraction of sp³-hybridized carbons (Fsp3) is 0.400. The fourth-order valence-electron chi connectivity index (χ4n) is 2.26. The van der Waals surface area contributed by atoms with Gasteiger partial charge in [-0.1, -0.05) is 18.2 Å². The van der Waals surface area contributed by atoms with Crippen molar-refractivity contribution in [2.75, 3.05) is 19.4 Å². The summed E-state index contributed by atoms with van der Waals surface area (Å²) in [6.45, 7) is 0. The minimum atomic E-state index is -3.49. The van der Waals surface area contributed by atoms with Crippen LogP contribution in [0.15, 0.2) is 41.3 Å². The number of hydrogen-bond donors (Lipinski definition) is 1. The van der Waals surface area contributed by atoms with Crippen molar-refractivity contribution in [3.05, 3.63) is 36.4 Å². The average molecular weight is 308 g/mol. The first-order valence-electron chi connectivity index (χ1n) is 6.88. The zero-order valence-electron chi connectivity index (χ0n) is 12.2. The molecule has 0 spiro atoms. The molecule has 0 aromatic heterocycles. The van der Waals surface area contributed by atoms with Gasteiger partial charge in [0.05, 0.1) is 4.90 Å². The second-order valence-corrected chi connectivity index (χ2v) is 7.48. The molecule has 0 heterocycles. The maximum absolute atomic E-state index is 12.1. The maximum atomic E-state index is 12.1. The third-order valence-corrected chi connectivity index (χ3v) is 5.27. The summed E-state index contributed by atoms with van der Waals surface area (Å²) in [4.78, 5) is 12.1. The number of nitrogens with zero attached hydrogens (tertiary/aromatic N) is 1. The summed E-state index contributed by atoms with van der Waals surface area (Å²) >= 11 is 0. The lowest BCUT2D eigenvalue weighted by molar-refractivity contribution is -0.116. The molecule has 0 radical (unpaired) electrons. The van der Waals surface area contributed by atoms with Crippen LogP contribution in [0.1, 0.15) is 19.3 Å². The van der Waals surface area contributed by atoms with E-state index in [1.807, 2.05) is 0 Å². The molecular formula is C15H20N2O3S. The lowest BCUT2D eigenvalue weighted by Gasteiger charge is -2.13. The van der Waals surface area contributed by atoms with Gasteiger partial charge in [0.15, 0.2) is 0 Å². The van der Waals surface area contributed by atoms with Crippen molar-refractivity contribution in [3.63, 3.8) is 0 Å². The summed E-state index contributed by atoms with van der Waals surface area (Å²) < 4.78 is 25.3. The number of sulfonamides is 1. The number of nitrogens with one attached hydrogen (secondary N) is 1. The Hall–Kier alpha value is -1.66. The molecule has 0 saturated heterocycles. The van der Waals surface area contributed by atoms with E-state index in [9.17, 15) is 13.2 Å². The Morgan fingerprint density at radius 1 is 1.38 bits per heavy atom. The van der Waals surface area contributed by atoms with E-state index in [4.69, 9.17) is 0 Å². The summed E-state index contributed by atoms with van der Waals surface area (Å²) in [5.41, 5.74) is 0.505. The van der Waals surface area contributed by atoms with Crippen molar-refractivity contribution in [3.8, 4) is 0 Å². The van der Waals surface area contributed by atoms with E-state index in [2.05, 4.69) is 17.5 Å². The lowest BCUT2D eigenvalue weighted by Crippen LogP contribution is -2.22. The quantitative estimate of drug-likeness (QED) is 0.848. The first-order chi connectivity index (χ1) is 9.89. The second-order valence-electron chi connectivity index (χ2n) is 5.33. The number of amides is 1. The van der Waals surface area contributed by atoms with Crippen LogP contribution < -0.4 is 5.32 Å². The lowest BCUT2D eigenvalue weighted by atomic mass is 10.1. The molecule has 1 atom stereocenters. The number of carbonyl (C=O) groups is 1. The molecule has 2 rings (SSSR count). The van der Waals surface area contributed by atoms with Crippen molar-refractivity contribution < 1.29 is 13.2 Å². The molecule has 5 nitrogen and oxygen atoms in total. The van der Waals surface area contributed by atoms with E-state index >= 15 is 0 Å². The van der Waals surface area contributed by atoms with Crippen LogP contribution in [0.5, 0.6) is 0 Å². The van der Waals surface area contributed by atoms with Gasteiger partial charge in [0.1, 0.15) is 0 Å². The number of anilines is 1. The van der Waals surface area contributed by atoms with Gasteiger partial charge in [0, 0.05) is 26.2 Å². The number of rotatable bonds is 5. The normalized spacial score (nSPS) is 18.1. The van der Waals surface area contributed by atoms with Crippen molar-refractivity contribution >= 4 is 21.6 Å². The molecule has 0 aliphatic heterocycles. The molecular weight excluding hydrogens is 288 g/mol. The van der Waals surface area contributed by atoms with Crippen LogP contribution in [0, 0.1) is 5.92 Å². The van der Waals surface area contributed by atoms with E-state index in [1.54, 1.807) is 12.1 Å². The maximum Gasteiger partial charge on any atom is 0.242 e. The summed E-state index contributed by atoms with van der Waals surface area (Å²) in [6, 6.07) is 6.32. The second kappa shape index (κ2) is 6.41. The largest absolute Gasteiger partial charge is 0.326 e. The van der Waals surface area contributed by atoms with E-state index in [1.165, 1.54) is 26.2 Å². The van der Waals surface area contributed by atoms with Gasteiger partial charge in [0.2, 0.25) is 15.9 Å². The van der Waals surface area contributed by atoms with Crippen molar-refractivity contribution in [1.82, 2.24) is 4.31 Å². The zero-order valence-corrected chi connectivity index (χ0v) is 13.1. The SMILES string of the molecule is CN(C)S(=O)(=O)c1cccc(NC(=O)CC2C=CCC2)c1. The monoisotopic (exact) mass is 308 g/mol. The Morgan fingerprint density at radius 3 is 2.76 bits per heavy atom. The van der Waals surface area contributed by atoms with Gasteiger partial charge in [0.25, 0.3) is 0 Å². The minimum Gasteiger partial charge on any atom is -0.326 e.